The number of nitrogens with zero attached hydrogens (tertiary/aromatic N) is 3. The van der Waals surface area contributed by atoms with E-state index >= 15 is 0 Å². The summed E-state index contributed by atoms with van der Waals surface area (Å²) in [5.41, 5.74) is 4.71. The molecule has 2 aromatic rings. The summed E-state index contributed by atoms with van der Waals surface area (Å²) < 4.78 is 8.60. The van der Waals surface area contributed by atoms with Crippen LogP contribution in [0, 0.1) is 0 Å². The van der Waals surface area contributed by atoms with Crippen LogP contribution in [0.1, 0.15) is 44.6 Å². The van der Waals surface area contributed by atoms with Crippen molar-refractivity contribution in [1.29, 1.82) is 0 Å². The molecule has 5 heterocycles. The Labute approximate surface area is 160 Å². The maximum Gasteiger partial charge on any atom is 0.136 e. The Morgan fingerprint density at radius 3 is 3.19 bits per heavy atom. The Bertz CT molecular complexity index is 953. The third-order valence-corrected chi connectivity index (χ3v) is 6.54. The average Bonchev–Trinajstić information content (AvgIpc) is 3.39. The fourth-order valence-electron chi connectivity index (χ4n) is 5.11. The second-order valence-electron chi connectivity index (χ2n) is 8.28. The lowest BCUT2D eigenvalue weighted by molar-refractivity contribution is -0.0381. The van der Waals surface area contributed by atoms with Gasteiger partial charge in [-0.05, 0) is 61.2 Å². The molecule has 5 rings (SSSR count). The fourth-order valence-corrected chi connectivity index (χ4v) is 5.11. The second-order valence-corrected chi connectivity index (χ2v) is 8.28. The molecule has 0 N–H and O–H groups in total. The summed E-state index contributed by atoms with van der Waals surface area (Å²) in [5, 5.41) is 0. The molecule has 2 atom stereocenters. The van der Waals surface area contributed by atoms with E-state index in [1.165, 1.54) is 42.6 Å². The van der Waals surface area contributed by atoms with E-state index in [-0.39, 0.29) is 5.60 Å². The molecule has 3 aliphatic heterocycles. The lowest BCUT2D eigenvalue weighted by Gasteiger charge is -2.41. The highest BCUT2D eigenvalue weighted by atomic mass is 16.5. The largest absolute Gasteiger partial charge is 0.487 e. The third kappa shape index (κ3) is 2.92. The summed E-state index contributed by atoms with van der Waals surface area (Å²) >= 11 is 0. The van der Waals surface area contributed by atoms with Gasteiger partial charge in [-0.15, -0.1) is 0 Å². The quantitative estimate of drug-likeness (QED) is 0.800. The highest BCUT2D eigenvalue weighted by molar-refractivity contribution is 5.68. The molecule has 4 nitrogen and oxygen atoms in total. The lowest BCUT2D eigenvalue weighted by Crippen LogP contribution is -2.47. The summed E-state index contributed by atoms with van der Waals surface area (Å²) in [5.74, 6) is 0.976. The molecule has 2 unspecified atom stereocenters. The number of piperidine rings is 1. The molecule has 0 bridgehead atoms. The number of pyridine rings is 1. The van der Waals surface area contributed by atoms with Crippen LogP contribution in [-0.2, 0) is 4.74 Å². The molecule has 0 aliphatic carbocycles. The Kier molecular flexibility index (Phi) is 3.97. The molecule has 4 heteroatoms. The van der Waals surface area contributed by atoms with Gasteiger partial charge in [-0.3, -0.25) is 0 Å². The average molecular weight is 361 g/mol. The van der Waals surface area contributed by atoms with Crippen LogP contribution >= 0.6 is 0 Å². The van der Waals surface area contributed by atoms with E-state index in [0.717, 1.165) is 30.7 Å². The van der Waals surface area contributed by atoms with Gasteiger partial charge in [0.05, 0.1) is 0 Å². The van der Waals surface area contributed by atoms with Gasteiger partial charge < -0.3 is 14.0 Å². The molecule has 140 valence electrons. The number of ether oxygens (including phenoxy) is 1. The Morgan fingerprint density at radius 2 is 2.30 bits per heavy atom. The minimum absolute atomic E-state index is 0.0184. The highest BCUT2D eigenvalue weighted by Gasteiger charge is 2.46. The lowest BCUT2D eigenvalue weighted by atomic mass is 9.82. The Hall–Kier alpha value is -2.33. The molecule has 0 saturated carbocycles. The van der Waals surface area contributed by atoms with Crippen molar-refractivity contribution in [2.45, 2.75) is 50.7 Å². The van der Waals surface area contributed by atoms with Gasteiger partial charge in [0, 0.05) is 50.4 Å². The summed E-state index contributed by atoms with van der Waals surface area (Å²) in [4.78, 5) is 6.98. The number of imidazole rings is 1. The van der Waals surface area contributed by atoms with E-state index in [1.54, 1.807) is 0 Å². The monoisotopic (exact) mass is 361 g/mol. The molecule has 0 amide bonds. The van der Waals surface area contributed by atoms with Crippen molar-refractivity contribution < 1.29 is 4.74 Å². The normalized spacial score (nSPS) is 28.8. The van der Waals surface area contributed by atoms with Gasteiger partial charge in [-0.2, -0.15) is 0 Å². The van der Waals surface area contributed by atoms with Gasteiger partial charge in [0.15, 0.2) is 0 Å². The first-order valence-electron chi connectivity index (χ1n) is 10.1. The fraction of sp³-hybridized carbons (Fsp3) is 0.435. The number of allylic oxidation sites excluding steroid dienone is 3. The zero-order valence-electron chi connectivity index (χ0n) is 16.0. The maximum absolute atomic E-state index is 6.53. The van der Waals surface area contributed by atoms with Crippen LogP contribution < -0.4 is 0 Å². The van der Waals surface area contributed by atoms with Crippen molar-refractivity contribution in [1.82, 2.24) is 14.3 Å². The van der Waals surface area contributed by atoms with Crippen molar-refractivity contribution in [3.63, 3.8) is 0 Å². The molecular weight excluding hydrogens is 334 g/mol. The maximum atomic E-state index is 6.53. The van der Waals surface area contributed by atoms with Crippen LogP contribution in [0.4, 0.5) is 0 Å². The van der Waals surface area contributed by atoms with E-state index in [0.29, 0.717) is 6.04 Å². The molecule has 0 radical (unpaired) electrons. The summed E-state index contributed by atoms with van der Waals surface area (Å²) in [6.45, 7) is 8.63. The van der Waals surface area contributed by atoms with E-state index in [1.807, 2.05) is 18.5 Å². The molecule has 2 aromatic heterocycles. The topological polar surface area (TPSA) is 29.8 Å². The smallest absolute Gasteiger partial charge is 0.136 e. The second kappa shape index (κ2) is 6.38. The summed E-state index contributed by atoms with van der Waals surface area (Å²) in [6, 6.07) is 4.92. The molecule has 27 heavy (non-hydrogen) atoms. The standard InChI is InChI=1S/C23H27N3O/c1-3-21-19(13-17(2)18-6-7-22-24-9-12-26(22)16-18)14-23(27-21)8-11-25-10-4-5-20(25)15-23/h3,6-7,9,12-13,16,20H,1,4-5,8,10-11,14-15H2,2H3. The van der Waals surface area contributed by atoms with Gasteiger partial charge in [-0.1, -0.05) is 12.7 Å². The summed E-state index contributed by atoms with van der Waals surface area (Å²) in [7, 11) is 0. The van der Waals surface area contributed by atoms with Crippen LogP contribution in [0.25, 0.3) is 11.2 Å². The number of hydrogen-bond acceptors (Lipinski definition) is 3. The van der Waals surface area contributed by atoms with Gasteiger partial charge in [0.1, 0.15) is 17.0 Å². The van der Waals surface area contributed by atoms with Crippen molar-refractivity contribution in [2.75, 3.05) is 13.1 Å². The van der Waals surface area contributed by atoms with E-state index in [4.69, 9.17) is 4.74 Å². The number of aromatic nitrogens is 2. The zero-order valence-corrected chi connectivity index (χ0v) is 16.0. The van der Waals surface area contributed by atoms with Crippen molar-refractivity contribution in [2.24, 2.45) is 0 Å². The van der Waals surface area contributed by atoms with E-state index < -0.39 is 0 Å². The zero-order chi connectivity index (χ0) is 18.4. The third-order valence-electron chi connectivity index (χ3n) is 6.54. The van der Waals surface area contributed by atoms with Crippen LogP contribution in [-0.4, -0.2) is 39.0 Å². The predicted octanol–water partition coefficient (Wildman–Crippen LogP) is 4.60. The summed E-state index contributed by atoms with van der Waals surface area (Å²) in [6.07, 6.45) is 16.1. The minimum Gasteiger partial charge on any atom is -0.487 e. The molecular formula is C23H27N3O. The first-order valence-corrected chi connectivity index (χ1v) is 10.1. The van der Waals surface area contributed by atoms with Gasteiger partial charge in [-0.25, -0.2) is 4.98 Å². The van der Waals surface area contributed by atoms with Crippen LogP contribution in [0.2, 0.25) is 0 Å². The molecule has 2 fully saturated rings. The van der Waals surface area contributed by atoms with Crippen LogP contribution in [0.3, 0.4) is 0 Å². The van der Waals surface area contributed by atoms with Crippen molar-refractivity contribution >= 4 is 11.2 Å². The van der Waals surface area contributed by atoms with Crippen molar-refractivity contribution in [3.8, 4) is 0 Å². The Morgan fingerprint density at radius 1 is 1.37 bits per heavy atom. The SMILES string of the molecule is C=CC1=C(C=C(C)c2ccc3nccn3c2)CC2(CCN3CCCC3C2)O1. The molecule has 1 spiro atoms. The first kappa shape index (κ1) is 16.8. The Balaban J connectivity index is 1.41. The number of rotatable bonds is 3. The first-order chi connectivity index (χ1) is 13.2. The van der Waals surface area contributed by atoms with E-state index in [2.05, 4.69) is 52.2 Å². The molecule has 0 aromatic carbocycles. The van der Waals surface area contributed by atoms with Crippen LogP contribution in [0.5, 0.6) is 0 Å². The molecule has 2 saturated heterocycles. The van der Waals surface area contributed by atoms with Gasteiger partial charge >= 0.3 is 0 Å². The highest BCUT2D eigenvalue weighted by Crippen LogP contribution is 2.46. The minimum atomic E-state index is -0.0184. The van der Waals surface area contributed by atoms with Crippen LogP contribution in [0.15, 0.2) is 60.8 Å². The number of fused-ring (bicyclic) bond motifs is 2. The van der Waals surface area contributed by atoms with Crippen molar-refractivity contribution in [3.05, 3.63) is 66.3 Å². The molecule has 3 aliphatic rings. The van der Waals surface area contributed by atoms with Gasteiger partial charge in [0.25, 0.3) is 0 Å². The van der Waals surface area contributed by atoms with E-state index in [9.17, 15) is 0 Å². The predicted molar refractivity (Wildman–Crippen MR) is 108 cm³/mol. The number of hydrogen-bond donors (Lipinski definition) is 0. The van der Waals surface area contributed by atoms with Gasteiger partial charge in [0.2, 0.25) is 0 Å².